The molecule has 0 saturated heterocycles. The highest BCUT2D eigenvalue weighted by molar-refractivity contribution is 7.18. The van der Waals surface area contributed by atoms with E-state index in [1.165, 1.54) is 11.1 Å². The molecule has 0 aliphatic rings. The molecule has 0 aliphatic heterocycles. The molecule has 0 radical (unpaired) electrons. The van der Waals surface area contributed by atoms with E-state index in [-0.39, 0.29) is 11.6 Å². The predicted molar refractivity (Wildman–Crippen MR) is 107 cm³/mol. The third-order valence-corrected chi connectivity index (χ3v) is 5.59. The Hall–Kier alpha value is -2.99. The normalized spacial score (nSPS) is 11.0. The van der Waals surface area contributed by atoms with Crippen LogP contribution >= 0.6 is 11.3 Å². The van der Waals surface area contributed by atoms with Gasteiger partial charge in [-0.3, -0.25) is 4.79 Å². The molecule has 0 aliphatic carbocycles. The molecule has 4 rings (SSSR count). The first-order valence-electron chi connectivity index (χ1n) is 8.77. The van der Waals surface area contributed by atoms with Gasteiger partial charge in [0.25, 0.3) is 5.91 Å². The molecule has 0 saturated carbocycles. The van der Waals surface area contributed by atoms with Gasteiger partial charge in [0.05, 0.1) is 15.2 Å². The Morgan fingerprint density at radius 3 is 2.78 bits per heavy atom. The minimum Gasteiger partial charge on any atom is -0.355 e. The average Bonchev–Trinajstić information content (AvgIpc) is 3.30. The number of para-hydroxylation sites is 1. The third kappa shape index (κ3) is 3.75. The van der Waals surface area contributed by atoms with Gasteiger partial charge in [0.1, 0.15) is 0 Å². The van der Waals surface area contributed by atoms with E-state index in [1.807, 2.05) is 43.3 Å². The summed E-state index contributed by atoms with van der Waals surface area (Å²) in [5.41, 5.74) is 4.59. The van der Waals surface area contributed by atoms with Crippen LogP contribution < -0.4 is 5.32 Å². The number of carbonyl (C=O) groups excluding carboxylic acids is 1. The van der Waals surface area contributed by atoms with Crippen molar-refractivity contribution >= 4 is 27.5 Å². The molecule has 2 heterocycles. The third-order valence-electron chi connectivity index (χ3n) is 4.50. The summed E-state index contributed by atoms with van der Waals surface area (Å²) in [6.07, 6.45) is 0.687. The van der Waals surface area contributed by atoms with E-state index in [1.54, 1.807) is 17.4 Å². The Morgan fingerprint density at radius 1 is 1.11 bits per heavy atom. The summed E-state index contributed by atoms with van der Waals surface area (Å²) in [5.74, 6) is 0.351. The van der Waals surface area contributed by atoms with Crippen LogP contribution in [0.15, 0.2) is 53.1 Å². The van der Waals surface area contributed by atoms with Crippen molar-refractivity contribution in [3.8, 4) is 11.3 Å². The maximum Gasteiger partial charge on any atom is 0.273 e. The number of hydrogen-bond acceptors (Lipinski definition) is 5. The summed E-state index contributed by atoms with van der Waals surface area (Å²) in [6, 6.07) is 15.7. The number of aromatic nitrogens is 2. The van der Waals surface area contributed by atoms with Crippen molar-refractivity contribution in [2.24, 2.45) is 0 Å². The summed E-state index contributed by atoms with van der Waals surface area (Å²) in [7, 11) is 0. The highest BCUT2D eigenvalue weighted by Gasteiger charge is 2.14. The molecule has 2 aromatic heterocycles. The Labute approximate surface area is 161 Å². The lowest BCUT2D eigenvalue weighted by Crippen LogP contribution is -2.25. The maximum atomic E-state index is 12.3. The lowest BCUT2D eigenvalue weighted by molar-refractivity contribution is 0.0945. The highest BCUT2D eigenvalue weighted by atomic mass is 32.1. The topological polar surface area (TPSA) is 68.0 Å². The smallest absolute Gasteiger partial charge is 0.273 e. The number of benzene rings is 2. The van der Waals surface area contributed by atoms with Gasteiger partial charge < -0.3 is 9.84 Å². The van der Waals surface area contributed by atoms with Crippen molar-refractivity contribution in [3.63, 3.8) is 0 Å². The number of thiazole rings is 1. The van der Waals surface area contributed by atoms with Gasteiger partial charge >= 0.3 is 0 Å². The quantitative estimate of drug-likeness (QED) is 0.554. The molecule has 0 atom stereocenters. The van der Waals surface area contributed by atoms with Crippen LogP contribution in [-0.2, 0) is 6.42 Å². The summed E-state index contributed by atoms with van der Waals surface area (Å²) in [6.45, 7) is 4.61. The van der Waals surface area contributed by atoms with Crippen molar-refractivity contribution in [2.75, 3.05) is 6.54 Å². The summed E-state index contributed by atoms with van der Waals surface area (Å²) in [5, 5.41) is 7.79. The van der Waals surface area contributed by atoms with E-state index in [0.29, 0.717) is 18.7 Å². The number of aryl methyl sites for hydroxylation is 2. The number of nitrogens with zero attached hydrogens (tertiary/aromatic N) is 2. The van der Waals surface area contributed by atoms with Gasteiger partial charge in [-0.1, -0.05) is 29.4 Å². The molecule has 6 heteroatoms. The van der Waals surface area contributed by atoms with Crippen LogP contribution in [-0.4, -0.2) is 22.6 Å². The molecule has 0 fully saturated rings. The van der Waals surface area contributed by atoms with Gasteiger partial charge in [-0.25, -0.2) is 4.98 Å². The standard InChI is InChI=1S/C21H19N3O2S/c1-13-7-8-15(11-14(13)2)18-12-17(24-26-18)21(25)22-10-9-20-23-16-5-3-4-6-19(16)27-20/h3-8,11-12H,9-10H2,1-2H3,(H,22,25). The zero-order chi connectivity index (χ0) is 18.8. The van der Waals surface area contributed by atoms with Gasteiger partial charge in [-0.15, -0.1) is 11.3 Å². The van der Waals surface area contributed by atoms with E-state index in [2.05, 4.69) is 28.4 Å². The lowest BCUT2D eigenvalue weighted by Gasteiger charge is -2.01. The van der Waals surface area contributed by atoms with Crippen molar-refractivity contribution in [1.29, 1.82) is 0 Å². The zero-order valence-electron chi connectivity index (χ0n) is 15.2. The second-order valence-electron chi connectivity index (χ2n) is 6.46. The molecule has 27 heavy (non-hydrogen) atoms. The van der Waals surface area contributed by atoms with Crippen LogP contribution in [0.4, 0.5) is 0 Å². The first kappa shape index (κ1) is 17.4. The second kappa shape index (κ2) is 7.32. The fourth-order valence-electron chi connectivity index (χ4n) is 2.81. The van der Waals surface area contributed by atoms with Gasteiger partial charge in [-0.05, 0) is 43.2 Å². The molecule has 5 nitrogen and oxygen atoms in total. The highest BCUT2D eigenvalue weighted by Crippen LogP contribution is 2.23. The molecule has 1 amide bonds. The maximum absolute atomic E-state index is 12.3. The minimum atomic E-state index is -0.241. The van der Waals surface area contributed by atoms with Gasteiger partial charge in [-0.2, -0.15) is 0 Å². The van der Waals surface area contributed by atoms with E-state index < -0.39 is 0 Å². The van der Waals surface area contributed by atoms with Gasteiger partial charge in [0.2, 0.25) is 0 Å². The fourth-order valence-corrected chi connectivity index (χ4v) is 3.78. The minimum absolute atomic E-state index is 0.241. The molecule has 0 bridgehead atoms. The fraction of sp³-hybridized carbons (Fsp3) is 0.190. The summed E-state index contributed by atoms with van der Waals surface area (Å²) in [4.78, 5) is 16.9. The van der Waals surface area contributed by atoms with E-state index in [9.17, 15) is 4.79 Å². The van der Waals surface area contributed by atoms with Crippen LogP contribution in [0, 0.1) is 13.8 Å². The van der Waals surface area contributed by atoms with Crippen LogP contribution in [0.2, 0.25) is 0 Å². The molecule has 0 spiro atoms. The van der Waals surface area contributed by atoms with Crippen LogP contribution in [0.25, 0.3) is 21.5 Å². The van der Waals surface area contributed by atoms with Crippen molar-refractivity contribution in [1.82, 2.24) is 15.5 Å². The van der Waals surface area contributed by atoms with Crippen molar-refractivity contribution in [2.45, 2.75) is 20.3 Å². The molecular weight excluding hydrogens is 358 g/mol. The predicted octanol–water partition coefficient (Wildman–Crippen LogP) is 4.54. The zero-order valence-corrected chi connectivity index (χ0v) is 16.0. The van der Waals surface area contributed by atoms with E-state index >= 15 is 0 Å². The Kier molecular flexibility index (Phi) is 4.73. The lowest BCUT2D eigenvalue weighted by atomic mass is 10.0. The molecule has 2 aromatic carbocycles. The van der Waals surface area contributed by atoms with Crippen LogP contribution in [0.5, 0.6) is 0 Å². The summed E-state index contributed by atoms with van der Waals surface area (Å²) >= 11 is 1.65. The van der Waals surface area contributed by atoms with E-state index in [4.69, 9.17) is 4.52 Å². The number of nitrogens with one attached hydrogen (secondary N) is 1. The number of rotatable bonds is 5. The Morgan fingerprint density at radius 2 is 1.96 bits per heavy atom. The SMILES string of the molecule is Cc1ccc(-c2cc(C(=O)NCCc3nc4ccccc4s3)no2)cc1C. The molecule has 4 aromatic rings. The number of fused-ring (bicyclic) bond motifs is 1. The van der Waals surface area contributed by atoms with Crippen molar-refractivity contribution in [3.05, 3.63) is 70.4 Å². The van der Waals surface area contributed by atoms with Crippen LogP contribution in [0.3, 0.4) is 0 Å². The van der Waals surface area contributed by atoms with Crippen molar-refractivity contribution < 1.29 is 9.32 Å². The average molecular weight is 377 g/mol. The monoisotopic (exact) mass is 377 g/mol. The van der Waals surface area contributed by atoms with E-state index in [0.717, 1.165) is 20.8 Å². The number of amides is 1. The second-order valence-corrected chi connectivity index (χ2v) is 7.57. The van der Waals surface area contributed by atoms with Crippen LogP contribution in [0.1, 0.15) is 26.6 Å². The molecule has 1 N–H and O–H groups in total. The molecule has 0 unspecified atom stereocenters. The molecule has 136 valence electrons. The molecular formula is C21H19N3O2S. The number of hydrogen-bond donors (Lipinski definition) is 1. The Balaban J connectivity index is 1.38. The first-order chi connectivity index (χ1) is 13.1. The van der Waals surface area contributed by atoms with Gasteiger partial charge in [0.15, 0.2) is 11.5 Å². The Bertz CT molecular complexity index is 1080. The largest absolute Gasteiger partial charge is 0.355 e. The van der Waals surface area contributed by atoms with Gasteiger partial charge in [0, 0.05) is 24.6 Å². The summed E-state index contributed by atoms with van der Waals surface area (Å²) < 4.78 is 6.51. The number of carbonyl (C=O) groups is 1. The first-order valence-corrected chi connectivity index (χ1v) is 9.59.